The molecule has 0 amide bonds. The zero-order valence-corrected chi connectivity index (χ0v) is 10.1. The molecule has 0 fully saturated rings. The number of hydrogen-bond donors (Lipinski definition) is 1. The summed E-state index contributed by atoms with van der Waals surface area (Å²) in [5.41, 5.74) is 1.38. The number of rotatable bonds is 3. The van der Waals surface area contributed by atoms with Gasteiger partial charge in [-0.2, -0.15) is 0 Å². The number of thiophene rings is 1. The van der Waals surface area contributed by atoms with E-state index in [1.54, 1.807) is 12.2 Å². The van der Waals surface area contributed by atoms with Crippen molar-refractivity contribution >= 4 is 41.1 Å². The minimum absolute atomic E-state index is 0.0314. The van der Waals surface area contributed by atoms with Crippen LogP contribution >= 0.6 is 22.9 Å². The Balaban J connectivity index is 2.24. The molecule has 0 radical (unpaired) electrons. The van der Waals surface area contributed by atoms with E-state index in [1.807, 2.05) is 11.4 Å². The van der Waals surface area contributed by atoms with Crippen molar-refractivity contribution in [2.45, 2.75) is 0 Å². The molecular weight excluding hydrogens is 260 g/mol. The van der Waals surface area contributed by atoms with Crippen LogP contribution in [0.1, 0.15) is 21.7 Å². The third kappa shape index (κ3) is 2.89. The molecule has 6 heteroatoms. The van der Waals surface area contributed by atoms with E-state index < -0.39 is 5.97 Å². The van der Waals surface area contributed by atoms with Gasteiger partial charge in [-0.05, 0) is 23.6 Å². The van der Waals surface area contributed by atoms with E-state index >= 15 is 0 Å². The summed E-state index contributed by atoms with van der Waals surface area (Å²) in [7, 11) is 0. The highest BCUT2D eigenvalue weighted by atomic mass is 35.5. The minimum Gasteiger partial charge on any atom is -0.477 e. The lowest BCUT2D eigenvalue weighted by atomic mass is 10.2. The Morgan fingerprint density at radius 3 is 2.88 bits per heavy atom. The van der Waals surface area contributed by atoms with Crippen molar-refractivity contribution in [3.05, 3.63) is 45.1 Å². The zero-order chi connectivity index (χ0) is 12.3. The van der Waals surface area contributed by atoms with E-state index in [2.05, 4.69) is 9.97 Å². The molecule has 1 N–H and O–H groups in total. The van der Waals surface area contributed by atoms with Crippen molar-refractivity contribution in [2.24, 2.45) is 0 Å². The molecule has 0 unspecified atom stereocenters. The molecular formula is C11H7ClN2O2S. The Morgan fingerprint density at radius 2 is 2.24 bits per heavy atom. The number of halogens is 1. The Kier molecular flexibility index (Phi) is 3.51. The highest BCUT2D eigenvalue weighted by Crippen LogP contribution is 2.24. The molecule has 0 bridgehead atoms. The van der Waals surface area contributed by atoms with Crippen molar-refractivity contribution in [1.29, 1.82) is 0 Å². The van der Waals surface area contributed by atoms with Gasteiger partial charge < -0.3 is 5.11 Å². The summed E-state index contributed by atoms with van der Waals surface area (Å²) >= 11 is 7.36. The van der Waals surface area contributed by atoms with Crippen LogP contribution in [0.15, 0.2) is 23.8 Å². The van der Waals surface area contributed by atoms with Crippen molar-refractivity contribution in [1.82, 2.24) is 9.97 Å². The predicted octanol–water partition coefficient (Wildman–Crippen LogP) is 3.06. The number of carbonyl (C=O) groups is 1. The molecule has 0 atom stereocenters. The second-order valence-electron chi connectivity index (χ2n) is 3.12. The van der Waals surface area contributed by atoms with Gasteiger partial charge in [0, 0.05) is 5.56 Å². The molecule has 17 heavy (non-hydrogen) atoms. The first kappa shape index (κ1) is 11.8. The first-order chi connectivity index (χ1) is 8.16. The van der Waals surface area contributed by atoms with Crippen LogP contribution in [0.5, 0.6) is 0 Å². The maximum atomic E-state index is 10.7. The van der Waals surface area contributed by atoms with Gasteiger partial charge in [-0.1, -0.05) is 17.7 Å². The third-order valence-corrected chi connectivity index (χ3v) is 3.19. The summed E-state index contributed by atoms with van der Waals surface area (Å²) in [5, 5.41) is 10.7. The van der Waals surface area contributed by atoms with Gasteiger partial charge in [0.25, 0.3) is 0 Å². The van der Waals surface area contributed by atoms with E-state index in [-0.39, 0.29) is 5.69 Å². The quantitative estimate of drug-likeness (QED) is 0.927. The van der Waals surface area contributed by atoms with E-state index in [9.17, 15) is 4.79 Å². The predicted molar refractivity (Wildman–Crippen MR) is 67.2 cm³/mol. The molecule has 2 aromatic heterocycles. The van der Waals surface area contributed by atoms with E-state index in [0.717, 1.165) is 5.56 Å². The van der Waals surface area contributed by atoms with E-state index in [4.69, 9.17) is 16.7 Å². The monoisotopic (exact) mass is 266 g/mol. The van der Waals surface area contributed by atoms with Gasteiger partial charge in [0.15, 0.2) is 5.69 Å². The topological polar surface area (TPSA) is 63.1 Å². The molecule has 4 nitrogen and oxygen atoms in total. The smallest absolute Gasteiger partial charge is 0.354 e. The normalized spacial score (nSPS) is 10.9. The van der Waals surface area contributed by atoms with Crippen LogP contribution in [0.3, 0.4) is 0 Å². The molecule has 0 aliphatic carbocycles. The molecule has 2 rings (SSSR count). The maximum absolute atomic E-state index is 10.7. The van der Waals surface area contributed by atoms with Crippen molar-refractivity contribution < 1.29 is 9.90 Å². The fourth-order valence-electron chi connectivity index (χ4n) is 1.18. The summed E-state index contributed by atoms with van der Waals surface area (Å²) in [5.74, 6) is -1.07. The molecule has 0 aliphatic heterocycles. The summed E-state index contributed by atoms with van der Waals surface area (Å²) < 4.78 is 0.689. The fraction of sp³-hybridized carbons (Fsp3) is 0. The van der Waals surface area contributed by atoms with Gasteiger partial charge in [0.1, 0.15) is 10.7 Å². The van der Waals surface area contributed by atoms with Gasteiger partial charge in [0.05, 0.1) is 5.69 Å². The van der Waals surface area contributed by atoms with Crippen molar-refractivity contribution in [3.63, 3.8) is 0 Å². The summed E-state index contributed by atoms with van der Waals surface area (Å²) in [6.45, 7) is 0. The molecule has 86 valence electrons. The van der Waals surface area contributed by atoms with Crippen LogP contribution in [0.25, 0.3) is 12.2 Å². The summed E-state index contributed by atoms with van der Waals surface area (Å²) in [6, 6.07) is 3.28. The van der Waals surface area contributed by atoms with Gasteiger partial charge in [0.2, 0.25) is 0 Å². The van der Waals surface area contributed by atoms with Gasteiger partial charge >= 0.3 is 5.97 Å². The number of nitrogens with zero attached hydrogens (tertiary/aromatic N) is 2. The standard InChI is InChI=1S/C11H7ClN2O2S/c12-10-7(3-4-17-10)1-2-8-5-9(11(15)16)14-6-13-8/h1-6H,(H,15,16)/b2-1+. The minimum atomic E-state index is -1.07. The summed E-state index contributed by atoms with van der Waals surface area (Å²) in [6.07, 6.45) is 4.70. The fourth-order valence-corrected chi connectivity index (χ4v) is 2.06. The molecule has 0 saturated heterocycles. The second kappa shape index (κ2) is 5.07. The second-order valence-corrected chi connectivity index (χ2v) is 4.63. The first-order valence-electron chi connectivity index (χ1n) is 4.63. The number of carboxylic acids is 1. The Bertz CT molecular complexity index is 580. The van der Waals surface area contributed by atoms with Crippen LogP contribution < -0.4 is 0 Å². The van der Waals surface area contributed by atoms with Crippen molar-refractivity contribution in [3.8, 4) is 0 Å². The molecule has 0 saturated carbocycles. The van der Waals surface area contributed by atoms with Crippen molar-refractivity contribution in [2.75, 3.05) is 0 Å². The van der Waals surface area contributed by atoms with E-state index in [0.29, 0.717) is 10.0 Å². The lowest BCUT2D eigenvalue weighted by Crippen LogP contribution is -2.00. The lowest BCUT2D eigenvalue weighted by Gasteiger charge is -1.95. The Hall–Kier alpha value is -1.72. The maximum Gasteiger partial charge on any atom is 0.354 e. The number of hydrogen-bond acceptors (Lipinski definition) is 4. The van der Waals surface area contributed by atoms with Crippen LogP contribution in [-0.2, 0) is 0 Å². The summed E-state index contributed by atoms with van der Waals surface area (Å²) in [4.78, 5) is 18.3. The zero-order valence-electron chi connectivity index (χ0n) is 8.50. The van der Waals surface area contributed by atoms with Gasteiger partial charge in [-0.3, -0.25) is 0 Å². The molecule has 2 aromatic rings. The molecule has 0 spiro atoms. The lowest BCUT2D eigenvalue weighted by molar-refractivity contribution is 0.0690. The highest BCUT2D eigenvalue weighted by Gasteiger charge is 2.04. The average Bonchev–Trinajstić information content (AvgIpc) is 2.72. The Labute approximate surface area is 106 Å². The number of aromatic carboxylic acids is 1. The highest BCUT2D eigenvalue weighted by molar-refractivity contribution is 7.14. The SMILES string of the molecule is O=C(O)c1cc(/C=C/c2ccsc2Cl)ncn1. The van der Waals surface area contributed by atoms with Crippen LogP contribution in [0, 0.1) is 0 Å². The number of carboxylic acid groups (broad SMARTS) is 1. The molecule has 0 aromatic carbocycles. The van der Waals surface area contributed by atoms with E-state index in [1.165, 1.54) is 23.7 Å². The van der Waals surface area contributed by atoms with Crippen LogP contribution in [-0.4, -0.2) is 21.0 Å². The first-order valence-corrected chi connectivity index (χ1v) is 5.89. The van der Waals surface area contributed by atoms with Gasteiger partial charge in [-0.25, -0.2) is 14.8 Å². The van der Waals surface area contributed by atoms with Crippen LogP contribution in [0.2, 0.25) is 4.34 Å². The Morgan fingerprint density at radius 1 is 1.41 bits per heavy atom. The average molecular weight is 267 g/mol. The van der Waals surface area contributed by atoms with Gasteiger partial charge in [-0.15, -0.1) is 11.3 Å². The van der Waals surface area contributed by atoms with Crippen LogP contribution in [0.4, 0.5) is 0 Å². The largest absolute Gasteiger partial charge is 0.477 e. The molecule has 0 aliphatic rings. The molecule has 2 heterocycles. The number of aromatic nitrogens is 2. The third-order valence-electron chi connectivity index (χ3n) is 1.99.